The maximum atomic E-state index is 4.28. The summed E-state index contributed by atoms with van der Waals surface area (Å²) in [5.41, 5.74) is 4.05. The van der Waals surface area contributed by atoms with Crippen molar-refractivity contribution in [2.45, 2.75) is 0 Å². The highest BCUT2D eigenvalue weighted by Gasteiger charge is 2.02. The number of pyridine rings is 1. The lowest BCUT2D eigenvalue weighted by Gasteiger charge is -2.05. The number of nitrogens with zero attached hydrogens (tertiary/aromatic N) is 1. The molecular weight excluding hydrogens is 194 g/mol. The molecule has 0 N–H and O–H groups in total. The van der Waals surface area contributed by atoms with Crippen LogP contribution in [0.1, 0.15) is 16.8 Å². The molecule has 0 radical (unpaired) electrons. The Morgan fingerprint density at radius 2 is 1.81 bits per heavy atom. The van der Waals surface area contributed by atoms with Crippen molar-refractivity contribution in [3.05, 3.63) is 78.6 Å². The third-order valence-electron chi connectivity index (χ3n) is 2.47. The normalized spacial score (nSPS) is 9.75. The van der Waals surface area contributed by atoms with Gasteiger partial charge in [-0.2, -0.15) is 0 Å². The Balaban J connectivity index is 2.31. The number of hydrogen-bond acceptors (Lipinski definition) is 1. The fraction of sp³-hybridized carbons (Fsp3) is 0. The van der Waals surface area contributed by atoms with Crippen molar-refractivity contribution in [3.8, 4) is 0 Å². The van der Waals surface area contributed by atoms with Crippen molar-refractivity contribution >= 4 is 11.6 Å². The summed E-state index contributed by atoms with van der Waals surface area (Å²) in [6, 6.07) is 13.9. The molecular formula is C15H13N. The molecule has 0 unspecified atom stereocenters. The van der Waals surface area contributed by atoms with Gasteiger partial charge < -0.3 is 0 Å². The van der Waals surface area contributed by atoms with Crippen LogP contribution in [0.4, 0.5) is 0 Å². The van der Waals surface area contributed by atoms with Crippen LogP contribution in [0.25, 0.3) is 11.6 Å². The summed E-state index contributed by atoms with van der Waals surface area (Å²) >= 11 is 0. The lowest BCUT2D eigenvalue weighted by Crippen LogP contribution is -1.89. The Kier molecular flexibility index (Phi) is 2.97. The second-order valence-electron chi connectivity index (χ2n) is 3.52. The number of aromatic nitrogens is 1. The predicted molar refractivity (Wildman–Crippen MR) is 68.9 cm³/mol. The zero-order valence-corrected chi connectivity index (χ0v) is 9.06. The molecule has 1 heterocycles. The van der Waals surface area contributed by atoms with E-state index in [-0.39, 0.29) is 0 Å². The highest BCUT2D eigenvalue weighted by Crippen LogP contribution is 2.19. The van der Waals surface area contributed by atoms with Gasteiger partial charge in [0.2, 0.25) is 0 Å². The molecule has 0 aliphatic rings. The SMILES string of the molecule is C=Cc1ccc(C(=C)c2ccccn2)cc1. The van der Waals surface area contributed by atoms with E-state index in [1.54, 1.807) is 6.20 Å². The minimum Gasteiger partial charge on any atom is -0.256 e. The van der Waals surface area contributed by atoms with Crippen LogP contribution in [0, 0.1) is 0 Å². The van der Waals surface area contributed by atoms with E-state index in [1.165, 1.54) is 0 Å². The van der Waals surface area contributed by atoms with Crippen LogP contribution < -0.4 is 0 Å². The molecule has 0 saturated carbocycles. The van der Waals surface area contributed by atoms with Gasteiger partial charge in [-0.1, -0.05) is 49.6 Å². The molecule has 1 heteroatoms. The van der Waals surface area contributed by atoms with Crippen molar-refractivity contribution in [2.24, 2.45) is 0 Å². The second kappa shape index (κ2) is 4.58. The Morgan fingerprint density at radius 1 is 1.06 bits per heavy atom. The lowest BCUT2D eigenvalue weighted by atomic mass is 10.0. The first-order valence-corrected chi connectivity index (χ1v) is 5.14. The average molecular weight is 207 g/mol. The fourth-order valence-corrected chi connectivity index (χ4v) is 1.51. The zero-order chi connectivity index (χ0) is 11.4. The predicted octanol–water partition coefficient (Wildman–Crippen LogP) is 3.79. The van der Waals surface area contributed by atoms with Crippen molar-refractivity contribution in [2.75, 3.05) is 0 Å². The summed E-state index contributed by atoms with van der Waals surface area (Å²) in [5, 5.41) is 0. The Labute approximate surface area is 95.8 Å². The van der Waals surface area contributed by atoms with Gasteiger partial charge in [-0.25, -0.2) is 0 Å². The number of benzene rings is 1. The standard InChI is InChI=1S/C15H13N/c1-3-13-7-9-14(10-8-13)12(2)15-6-4-5-11-16-15/h3-11H,1-2H2. The smallest absolute Gasteiger partial charge is 0.0701 e. The third kappa shape index (κ3) is 2.09. The molecule has 1 nitrogen and oxygen atoms in total. The van der Waals surface area contributed by atoms with Gasteiger partial charge in [0.25, 0.3) is 0 Å². The van der Waals surface area contributed by atoms with Gasteiger partial charge in [0.1, 0.15) is 0 Å². The van der Waals surface area contributed by atoms with Gasteiger partial charge >= 0.3 is 0 Å². The van der Waals surface area contributed by atoms with Gasteiger partial charge in [0.05, 0.1) is 5.69 Å². The summed E-state index contributed by atoms with van der Waals surface area (Å²) in [7, 11) is 0. The van der Waals surface area contributed by atoms with Crippen LogP contribution in [0.3, 0.4) is 0 Å². The molecule has 16 heavy (non-hydrogen) atoms. The minimum absolute atomic E-state index is 0.911. The van der Waals surface area contributed by atoms with E-state index in [4.69, 9.17) is 0 Å². The summed E-state index contributed by atoms with van der Waals surface area (Å²) in [4.78, 5) is 4.28. The largest absolute Gasteiger partial charge is 0.256 e. The molecule has 0 fully saturated rings. The van der Waals surface area contributed by atoms with E-state index in [9.17, 15) is 0 Å². The highest BCUT2D eigenvalue weighted by atomic mass is 14.7. The van der Waals surface area contributed by atoms with Gasteiger partial charge in [-0.05, 0) is 23.3 Å². The van der Waals surface area contributed by atoms with Gasteiger partial charge in [-0.15, -0.1) is 0 Å². The minimum atomic E-state index is 0.911. The van der Waals surface area contributed by atoms with Crippen LogP contribution in [-0.2, 0) is 0 Å². The highest BCUT2D eigenvalue weighted by molar-refractivity contribution is 5.76. The first-order chi connectivity index (χ1) is 7.81. The van der Waals surface area contributed by atoms with Crippen LogP contribution in [0.5, 0.6) is 0 Å². The fourth-order valence-electron chi connectivity index (χ4n) is 1.51. The van der Waals surface area contributed by atoms with Crippen molar-refractivity contribution in [1.29, 1.82) is 0 Å². The molecule has 78 valence electrons. The molecule has 2 rings (SSSR count). The average Bonchev–Trinajstić information content (AvgIpc) is 2.39. The Bertz CT molecular complexity index is 495. The van der Waals surface area contributed by atoms with E-state index in [2.05, 4.69) is 18.1 Å². The van der Waals surface area contributed by atoms with Gasteiger partial charge in [0.15, 0.2) is 0 Å². The van der Waals surface area contributed by atoms with Crippen molar-refractivity contribution < 1.29 is 0 Å². The first kappa shape index (κ1) is 10.4. The molecule has 0 atom stereocenters. The summed E-state index contributed by atoms with van der Waals surface area (Å²) in [6.45, 7) is 7.79. The molecule has 0 aliphatic carbocycles. The monoisotopic (exact) mass is 207 g/mol. The molecule has 2 aromatic rings. The summed E-state index contributed by atoms with van der Waals surface area (Å²) < 4.78 is 0. The Hall–Kier alpha value is -2.15. The van der Waals surface area contributed by atoms with Gasteiger partial charge in [-0.3, -0.25) is 4.98 Å². The topological polar surface area (TPSA) is 12.9 Å². The summed E-state index contributed by atoms with van der Waals surface area (Å²) in [5.74, 6) is 0. The molecule has 0 amide bonds. The van der Waals surface area contributed by atoms with E-state index >= 15 is 0 Å². The molecule has 0 saturated heterocycles. The third-order valence-corrected chi connectivity index (χ3v) is 2.47. The number of rotatable bonds is 3. The quantitative estimate of drug-likeness (QED) is 0.746. The maximum absolute atomic E-state index is 4.28. The van der Waals surface area contributed by atoms with E-state index in [0.717, 1.165) is 22.4 Å². The number of hydrogen-bond donors (Lipinski definition) is 0. The van der Waals surface area contributed by atoms with Crippen LogP contribution >= 0.6 is 0 Å². The molecule has 0 spiro atoms. The van der Waals surface area contributed by atoms with E-state index in [1.807, 2.05) is 48.5 Å². The molecule has 1 aromatic carbocycles. The Morgan fingerprint density at radius 3 is 2.38 bits per heavy atom. The van der Waals surface area contributed by atoms with E-state index < -0.39 is 0 Å². The van der Waals surface area contributed by atoms with Crippen molar-refractivity contribution in [1.82, 2.24) is 4.98 Å². The van der Waals surface area contributed by atoms with Gasteiger partial charge in [0, 0.05) is 11.8 Å². The second-order valence-corrected chi connectivity index (χ2v) is 3.52. The molecule has 1 aromatic heterocycles. The van der Waals surface area contributed by atoms with Crippen LogP contribution in [-0.4, -0.2) is 4.98 Å². The van der Waals surface area contributed by atoms with Crippen molar-refractivity contribution in [3.63, 3.8) is 0 Å². The lowest BCUT2D eigenvalue weighted by molar-refractivity contribution is 1.27. The first-order valence-electron chi connectivity index (χ1n) is 5.14. The zero-order valence-electron chi connectivity index (χ0n) is 9.06. The maximum Gasteiger partial charge on any atom is 0.0701 e. The summed E-state index contributed by atoms with van der Waals surface area (Å²) in [6.07, 6.45) is 3.60. The van der Waals surface area contributed by atoms with E-state index in [0.29, 0.717) is 0 Å². The molecule has 0 aliphatic heterocycles. The molecule has 0 bridgehead atoms. The van der Waals surface area contributed by atoms with Crippen LogP contribution in [0.15, 0.2) is 61.8 Å². The van der Waals surface area contributed by atoms with Crippen LogP contribution in [0.2, 0.25) is 0 Å².